The van der Waals surface area contributed by atoms with Crippen molar-refractivity contribution in [2.45, 2.75) is 25.8 Å². The van der Waals surface area contributed by atoms with Gasteiger partial charge in [-0.25, -0.2) is 0 Å². The van der Waals surface area contributed by atoms with Crippen LogP contribution in [-0.4, -0.2) is 74.2 Å². The number of aromatic nitrogens is 1. The van der Waals surface area contributed by atoms with E-state index in [2.05, 4.69) is 11.1 Å². The van der Waals surface area contributed by atoms with Crippen molar-refractivity contribution in [3.8, 4) is 11.5 Å². The minimum atomic E-state index is -0.121. The second-order valence-corrected chi connectivity index (χ2v) is 9.91. The van der Waals surface area contributed by atoms with Crippen molar-refractivity contribution < 1.29 is 23.8 Å². The van der Waals surface area contributed by atoms with E-state index >= 15 is 0 Å². The van der Waals surface area contributed by atoms with Crippen molar-refractivity contribution in [1.29, 1.82) is 0 Å². The molecule has 0 saturated carbocycles. The van der Waals surface area contributed by atoms with Gasteiger partial charge in [-0.1, -0.05) is 54.6 Å². The Morgan fingerprint density at radius 3 is 2.27 bits per heavy atom. The third-order valence-electron chi connectivity index (χ3n) is 7.21. The predicted octanol–water partition coefficient (Wildman–Crippen LogP) is 4.86. The lowest BCUT2D eigenvalue weighted by Gasteiger charge is -2.28. The number of hydrogen-bond donors (Lipinski definition) is 1. The van der Waals surface area contributed by atoms with Gasteiger partial charge in [0.2, 0.25) is 11.8 Å². The molecule has 216 valence electrons. The Bertz CT molecular complexity index is 1420. The second kappa shape index (κ2) is 14.9. The van der Waals surface area contributed by atoms with E-state index in [1.165, 1.54) is 0 Å². The highest BCUT2D eigenvalue weighted by Gasteiger charge is 2.22. The molecule has 8 heteroatoms. The Morgan fingerprint density at radius 2 is 1.51 bits per heavy atom. The average Bonchev–Trinajstić information content (AvgIpc) is 3.43. The molecule has 1 heterocycles. The lowest BCUT2D eigenvalue weighted by Crippen LogP contribution is -2.44. The number of nitrogens with zero attached hydrogens (tertiary/aromatic N) is 2. The van der Waals surface area contributed by atoms with Crippen molar-refractivity contribution in [3.63, 3.8) is 0 Å². The summed E-state index contributed by atoms with van der Waals surface area (Å²) in [5.41, 5.74) is 4.21. The molecule has 0 atom stereocenters. The fraction of sp³-hybridized carbons (Fsp3) is 0.333. The molecule has 4 aromatic rings. The van der Waals surface area contributed by atoms with Crippen LogP contribution in [0.1, 0.15) is 23.1 Å². The van der Waals surface area contributed by atoms with E-state index in [-0.39, 0.29) is 18.4 Å². The number of carbonyl (C=O) groups excluding carboxylic acids is 2. The third-order valence-corrected chi connectivity index (χ3v) is 7.21. The zero-order valence-corrected chi connectivity index (χ0v) is 24.1. The van der Waals surface area contributed by atoms with E-state index < -0.39 is 0 Å². The fourth-order valence-electron chi connectivity index (χ4n) is 4.90. The Kier molecular flexibility index (Phi) is 10.8. The summed E-state index contributed by atoms with van der Waals surface area (Å²) in [5.74, 6) is 1.04. The molecule has 3 aromatic carbocycles. The summed E-state index contributed by atoms with van der Waals surface area (Å²) < 4.78 is 16.1. The highest BCUT2D eigenvalue weighted by molar-refractivity contribution is 5.85. The predicted molar refractivity (Wildman–Crippen MR) is 160 cm³/mol. The molecule has 41 heavy (non-hydrogen) atoms. The molecule has 0 radical (unpaired) electrons. The number of ether oxygens (including phenoxy) is 3. The molecule has 1 aromatic heterocycles. The van der Waals surface area contributed by atoms with Crippen LogP contribution in [0.5, 0.6) is 11.5 Å². The van der Waals surface area contributed by atoms with Gasteiger partial charge in [-0.05, 0) is 47.7 Å². The lowest BCUT2D eigenvalue weighted by molar-refractivity contribution is -0.141. The molecular formula is C33H39N3O5. The van der Waals surface area contributed by atoms with Crippen LogP contribution >= 0.6 is 0 Å². The van der Waals surface area contributed by atoms with Gasteiger partial charge < -0.3 is 29.0 Å². The van der Waals surface area contributed by atoms with Gasteiger partial charge in [-0.15, -0.1) is 0 Å². The molecule has 2 amide bonds. The number of hydrogen-bond acceptors (Lipinski definition) is 5. The van der Waals surface area contributed by atoms with E-state index in [9.17, 15) is 9.59 Å². The molecule has 0 bridgehead atoms. The number of benzene rings is 3. The van der Waals surface area contributed by atoms with Gasteiger partial charge in [-0.3, -0.25) is 9.59 Å². The largest absolute Gasteiger partial charge is 0.493 e. The van der Waals surface area contributed by atoms with E-state index in [4.69, 9.17) is 14.2 Å². The molecular weight excluding hydrogens is 518 g/mol. The first-order valence-electron chi connectivity index (χ1n) is 13.9. The molecule has 0 spiro atoms. The highest BCUT2D eigenvalue weighted by atomic mass is 16.5. The summed E-state index contributed by atoms with van der Waals surface area (Å²) in [5, 5.41) is 1.14. The molecule has 0 unspecified atom stereocenters. The van der Waals surface area contributed by atoms with Crippen LogP contribution in [0.2, 0.25) is 0 Å². The summed E-state index contributed by atoms with van der Waals surface area (Å²) in [6.07, 6.45) is 3.62. The van der Waals surface area contributed by atoms with E-state index in [1.807, 2.05) is 77.8 Å². The number of nitrogens with one attached hydrogen (secondary N) is 1. The summed E-state index contributed by atoms with van der Waals surface area (Å²) in [7, 11) is 4.79. The first-order valence-corrected chi connectivity index (χ1v) is 13.9. The number of H-pyrrole nitrogens is 1. The van der Waals surface area contributed by atoms with Crippen LogP contribution in [-0.2, 0) is 33.7 Å². The zero-order valence-electron chi connectivity index (χ0n) is 24.1. The maximum atomic E-state index is 13.8. The number of fused-ring (bicyclic) bond motifs is 1. The van der Waals surface area contributed by atoms with Gasteiger partial charge in [0.05, 0.1) is 27.4 Å². The maximum absolute atomic E-state index is 13.8. The van der Waals surface area contributed by atoms with Gasteiger partial charge >= 0.3 is 0 Å². The van der Waals surface area contributed by atoms with Crippen LogP contribution in [0.15, 0.2) is 79.0 Å². The average molecular weight is 558 g/mol. The Labute approximate surface area is 241 Å². The normalized spacial score (nSPS) is 10.9. The van der Waals surface area contributed by atoms with E-state index in [1.54, 1.807) is 26.2 Å². The Morgan fingerprint density at radius 1 is 0.756 bits per heavy atom. The standard InChI is InChI=1S/C33H39N3O5/c1-39-20-19-36(32(37)16-14-25-9-5-4-6-10-25)24-33(38)35(23-26-13-15-30(40-2)31(21-26)41-3)18-17-27-22-34-29-12-8-7-11-28(27)29/h4-13,15,21-22,34H,14,16-20,23-24H2,1-3H3. The van der Waals surface area contributed by atoms with Gasteiger partial charge in [0.15, 0.2) is 11.5 Å². The van der Waals surface area contributed by atoms with Crippen molar-refractivity contribution in [1.82, 2.24) is 14.8 Å². The highest BCUT2D eigenvalue weighted by Crippen LogP contribution is 2.28. The lowest BCUT2D eigenvalue weighted by atomic mass is 10.1. The minimum absolute atomic E-state index is 0.0157. The SMILES string of the molecule is COCCN(CC(=O)N(CCc1c[nH]c2ccccc12)Cc1ccc(OC)c(OC)c1)C(=O)CCc1ccccc1. The first kappa shape index (κ1) is 29.7. The molecule has 0 aliphatic rings. The van der Waals surface area contributed by atoms with Gasteiger partial charge in [-0.2, -0.15) is 0 Å². The van der Waals surface area contributed by atoms with Gasteiger partial charge in [0.1, 0.15) is 0 Å². The summed E-state index contributed by atoms with van der Waals surface area (Å²) >= 11 is 0. The van der Waals surface area contributed by atoms with Crippen molar-refractivity contribution in [3.05, 3.63) is 95.7 Å². The molecule has 4 rings (SSSR count). The Balaban J connectivity index is 1.51. The maximum Gasteiger partial charge on any atom is 0.242 e. The summed E-state index contributed by atoms with van der Waals surface area (Å²) in [6.45, 7) is 1.55. The molecule has 0 fully saturated rings. The van der Waals surface area contributed by atoms with Crippen molar-refractivity contribution >= 4 is 22.7 Å². The van der Waals surface area contributed by atoms with E-state index in [0.717, 1.165) is 27.6 Å². The molecule has 0 saturated heterocycles. The van der Waals surface area contributed by atoms with Crippen LogP contribution < -0.4 is 9.47 Å². The summed E-state index contributed by atoms with van der Waals surface area (Å²) in [6, 6.07) is 23.7. The zero-order chi connectivity index (χ0) is 29.0. The number of aryl methyl sites for hydroxylation is 1. The molecule has 0 aliphatic heterocycles. The third kappa shape index (κ3) is 8.11. The number of rotatable bonds is 15. The number of carbonyl (C=O) groups is 2. The molecule has 0 aliphatic carbocycles. The molecule has 8 nitrogen and oxygen atoms in total. The van der Waals surface area contributed by atoms with Crippen molar-refractivity contribution in [2.24, 2.45) is 0 Å². The number of aromatic amines is 1. The van der Waals surface area contributed by atoms with Crippen LogP contribution in [0.4, 0.5) is 0 Å². The van der Waals surface area contributed by atoms with Crippen LogP contribution in [0.25, 0.3) is 10.9 Å². The van der Waals surface area contributed by atoms with Gasteiger partial charge in [0.25, 0.3) is 0 Å². The smallest absolute Gasteiger partial charge is 0.242 e. The molecule has 1 N–H and O–H groups in total. The van der Waals surface area contributed by atoms with Gasteiger partial charge in [0, 0.05) is 50.3 Å². The first-order chi connectivity index (χ1) is 20.0. The minimum Gasteiger partial charge on any atom is -0.493 e. The second-order valence-electron chi connectivity index (χ2n) is 9.91. The topological polar surface area (TPSA) is 84.1 Å². The van der Waals surface area contributed by atoms with Crippen LogP contribution in [0, 0.1) is 0 Å². The van der Waals surface area contributed by atoms with Crippen molar-refractivity contribution in [2.75, 3.05) is 47.6 Å². The number of para-hydroxylation sites is 1. The number of amides is 2. The Hall–Kier alpha value is -4.30. The fourth-order valence-corrected chi connectivity index (χ4v) is 4.90. The summed E-state index contributed by atoms with van der Waals surface area (Å²) in [4.78, 5) is 33.8. The quantitative estimate of drug-likeness (QED) is 0.226. The monoisotopic (exact) mass is 557 g/mol. The van der Waals surface area contributed by atoms with Crippen LogP contribution in [0.3, 0.4) is 0 Å². The number of methoxy groups -OCH3 is 3. The van der Waals surface area contributed by atoms with E-state index in [0.29, 0.717) is 57.0 Å².